The summed E-state index contributed by atoms with van der Waals surface area (Å²) in [7, 11) is 0. The standard InChI is InChI=1S/C17H22ClN3O2/c18-15-7-2-1-6-12(15)13-9-14(13)16(22)21-8-4-3-5-11(21)10-20-17(19)23/h1-2,6-7,11,13-14H,3-5,8-10H2,(H3,19,20,23)/t11-,13-,14+/m0/s1. The normalized spacial score (nSPS) is 26.7. The maximum Gasteiger partial charge on any atom is 0.312 e. The van der Waals surface area contributed by atoms with Crippen LogP contribution in [0.25, 0.3) is 0 Å². The van der Waals surface area contributed by atoms with E-state index < -0.39 is 6.03 Å². The van der Waals surface area contributed by atoms with Crippen molar-refractivity contribution in [1.82, 2.24) is 10.2 Å². The molecule has 2 aliphatic rings. The van der Waals surface area contributed by atoms with Gasteiger partial charge in [0.05, 0.1) is 0 Å². The van der Waals surface area contributed by atoms with E-state index in [1.165, 1.54) is 0 Å². The van der Waals surface area contributed by atoms with Gasteiger partial charge in [0.15, 0.2) is 0 Å². The van der Waals surface area contributed by atoms with Gasteiger partial charge in [-0.3, -0.25) is 4.79 Å². The Labute approximate surface area is 141 Å². The van der Waals surface area contributed by atoms with Gasteiger partial charge in [0, 0.05) is 30.1 Å². The lowest BCUT2D eigenvalue weighted by atomic mass is 10.0. The van der Waals surface area contributed by atoms with Crippen LogP contribution in [0.2, 0.25) is 5.02 Å². The number of benzene rings is 1. The lowest BCUT2D eigenvalue weighted by molar-refractivity contribution is -0.136. The SMILES string of the molecule is NC(=O)NC[C@@H]1CCCCN1C(=O)[C@@H]1C[C@H]1c1ccccc1Cl. The van der Waals surface area contributed by atoms with Crippen molar-refractivity contribution in [2.24, 2.45) is 11.7 Å². The predicted molar refractivity (Wildman–Crippen MR) is 89.2 cm³/mol. The number of amides is 3. The van der Waals surface area contributed by atoms with Crippen molar-refractivity contribution < 1.29 is 9.59 Å². The number of carbonyl (C=O) groups is 2. The van der Waals surface area contributed by atoms with Crippen LogP contribution >= 0.6 is 11.6 Å². The van der Waals surface area contributed by atoms with Gasteiger partial charge < -0.3 is 16.0 Å². The molecule has 0 aromatic heterocycles. The fourth-order valence-corrected chi connectivity index (χ4v) is 3.80. The van der Waals surface area contributed by atoms with Crippen LogP contribution in [0.3, 0.4) is 0 Å². The Balaban J connectivity index is 1.65. The second-order valence-electron chi connectivity index (χ2n) is 6.40. The Morgan fingerprint density at radius 2 is 2.09 bits per heavy atom. The van der Waals surface area contributed by atoms with E-state index in [4.69, 9.17) is 17.3 Å². The molecule has 3 rings (SSSR count). The van der Waals surface area contributed by atoms with Gasteiger partial charge >= 0.3 is 6.03 Å². The molecule has 0 radical (unpaired) electrons. The fraction of sp³-hybridized carbons (Fsp3) is 0.529. The molecule has 2 fully saturated rings. The highest BCUT2D eigenvalue weighted by atomic mass is 35.5. The van der Waals surface area contributed by atoms with Crippen molar-refractivity contribution in [2.45, 2.75) is 37.6 Å². The van der Waals surface area contributed by atoms with E-state index in [9.17, 15) is 9.59 Å². The van der Waals surface area contributed by atoms with E-state index in [1.807, 2.05) is 29.2 Å². The lowest BCUT2D eigenvalue weighted by Gasteiger charge is -2.36. The molecule has 0 spiro atoms. The first-order valence-electron chi connectivity index (χ1n) is 8.16. The molecule has 3 atom stereocenters. The molecule has 6 heteroatoms. The fourth-order valence-electron chi connectivity index (χ4n) is 3.52. The Kier molecular flexibility index (Phi) is 4.76. The van der Waals surface area contributed by atoms with E-state index in [0.717, 1.165) is 42.8 Å². The molecule has 1 saturated heterocycles. The van der Waals surface area contributed by atoms with Gasteiger partial charge in [-0.1, -0.05) is 29.8 Å². The van der Waals surface area contributed by atoms with Gasteiger partial charge in [0.2, 0.25) is 5.91 Å². The number of carbonyl (C=O) groups excluding carboxylic acids is 2. The minimum absolute atomic E-state index is 0.0177. The topological polar surface area (TPSA) is 75.4 Å². The summed E-state index contributed by atoms with van der Waals surface area (Å²) in [4.78, 5) is 25.7. The predicted octanol–water partition coefficient (Wildman–Crippen LogP) is 2.49. The molecule has 1 saturated carbocycles. The monoisotopic (exact) mass is 335 g/mol. The second kappa shape index (κ2) is 6.79. The summed E-state index contributed by atoms with van der Waals surface area (Å²) in [5.41, 5.74) is 6.22. The van der Waals surface area contributed by atoms with Crippen molar-refractivity contribution in [1.29, 1.82) is 0 Å². The Morgan fingerprint density at radius 3 is 2.83 bits per heavy atom. The minimum Gasteiger partial charge on any atom is -0.352 e. The van der Waals surface area contributed by atoms with Crippen LogP contribution in [0.1, 0.15) is 37.2 Å². The van der Waals surface area contributed by atoms with Crippen molar-refractivity contribution >= 4 is 23.5 Å². The number of piperidine rings is 1. The first-order valence-corrected chi connectivity index (χ1v) is 8.54. The zero-order valence-corrected chi connectivity index (χ0v) is 13.8. The molecular formula is C17H22ClN3O2. The number of halogens is 1. The summed E-state index contributed by atoms with van der Waals surface area (Å²) >= 11 is 6.24. The van der Waals surface area contributed by atoms with E-state index in [2.05, 4.69) is 5.32 Å². The van der Waals surface area contributed by atoms with Crippen LogP contribution in [0, 0.1) is 5.92 Å². The Bertz CT molecular complexity index is 607. The number of likely N-dealkylation sites (tertiary alicyclic amines) is 1. The van der Waals surface area contributed by atoms with E-state index in [0.29, 0.717) is 6.54 Å². The van der Waals surface area contributed by atoms with Crippen LogP contribution in [-0.2, 0) is 4.79 Å². The first-order chi connectivity index (χ1) is 11.1. The van der Waals surface area contributed by atoms with Crippen molar-refractivity contribution in [3.63, 3.8) is 0 Å². The summed E-state index contributed by atoms with van der Waals surface area (Å²) in [6.45, 7) is 1.19. The number of urea groups is 1. The number of rotatable bonds is 4. The number of nitrogens with zero attached hydrogens (tertiary/aromatic N) is 1. The molecule has 1 aliphatic heterocycles. The van der Waals surface area contributed by atoms with Crippen LogP contribution < -0.4 is 11.1 Å². The molecule has 1 heterocycles. The first kappa shape index (κ1) is 16.1. The lowest BCUT2D eigenvalue weighted by Crippen LogP contribution is -2.50. The van der Waals surface area contributed by atoms with Crippen molar-refractivity contribution in [3.05, 3.63) is 34.9 Å². The number of nitrogens with one attached hydrogen (secondary N) is 1. The summed E-state index contributed by atoms with van der Waals surface area (Å²) in [6.07, 6.45) is 3.86. The molecule has 3 amide bonds. The minimum atomic E-state index is -0.539. The maximum atomic E-state index is 12.8. The van der Waals surface area contributed by atoms with Crippen LogP contribution in [0.15, 0.2) is 24.3 Å². The molecule has 0 unspecified atom stereocenters. The maximum absolute atomic E-state index is 12.8. The summed E-state index contributed by atoms with van der Waals surface area (Å²) < 4.78 is 0. The molecule has 1 aliphatic carbocycles. The number of hydrogen-bond acceptors (Lipinski definition) is 2. The molecule has 23 heavy (non-hydrogen) atoms. The van der Waals surface area contributed by atoms with E-state index >= 15 is 0 Å². The van der Waals surface area contributed by atoms with Crippen LogP contribution in [0.4, 0.5) is 4.79 Å². The third-order valence-corrected chi connectivity index (χ3v) is 5.18. The summed E-state index contributed by atoms with van der Waals surface area (Å²) in [6, 6.07) is 7.25. The highest BCUT2D eigenvalue weighted by Crippen LogP contribution is 2.50. The second-order valence-corrected chi connectivity index (χ2v) is 6.80. The molecular weight excluding hydrogens is 314 g/mol. The van der Waals surface area contributed by atoms with Gasteiger partial charge in [-0.05, 0) is 43.2 Å². The highest BCUT2D eigenvalue weighted by molar-refractivity contribution is 6.31. The zero-order valence-electron chi connectivity index (χ0n) is 13.0. The van der Waals surface area contributed by atoms with Gasteiger partial charge in [-0.2, -0.15) is 0 Å². The smallest absolute Gasteiger partial charge is 0.312 e. The molecule has 1 aromatic rings. The van der Waals surface area contributed by atoms with Crippen molar-refractivity contribution in [2.75, 3.05) is 13.1 Å². The summed E-state index contributed by atoms with van der Waals surface area (Å²) in [5.74, 6) is 0.429. The molecule has 0 bridgehead atoms. The van der Waals surface area contributed by atoms with Gasteiger partial charge in [0.1, 0.15) is 0 Å². The zero-order chi connectivity index (χ0) is 16.4. The average Bonchev–Trinajstić information content (AvgIpc) is 3.33. The van der Waals surface area contributed by atoms with Gasteiger partial charge in [-0.15, -0.1) is 0 Å². The highest BCUT2D eigenvalue weighted by Gasteiger charge is 2.47. The van der Waals surface area contributed by atoms with E-state index in [-0.39, 0.29) is 23.8 Å². The average molecular weight is 336 g/mol. The Hall–Kier alpha value is -1.75. The quantitative estimate of drug-likeness (QED) is 0.887. The van der Waals surface area contributed by atoms with Crippen LogP contribution in [-0.4, -0.2) is 36.0 Å². The number of nitrogens with two attached hydrogens (primary N) is 1. The largest absolute Gasteiger partial charge is 0.352 e. The molecule has 124 valence electrons. The number of hydrogen-bond donors (Lipinski definition) is 2. The Morgan fingerprint density at radius 1 is 1.30 bits per heavy atom. The third-order valence-electron chi connectivity index (χ3n) is 4.83. The molecule has 3 N–H and O–H groups in total. The molecule has 1 aromatic carbocycles. The van der Waals surface area contributed by atoms with Crippen molar-refractivity contribution in [3.8, 4) is 0 Å². The molecule has 5 nitrogen and oxygen atoms in total. The van der Waals surface area contributed by atoms with Gasteiger partial charge in [-0.25, -0.2) is 4.79 Å². The van der Waals surface area contributed by atoms with E-state index in [1.54, 1.807) is 0 Å². The van der Waals surface area contributed by atoms with Crippen LogP contribution in [0.5, 0.6) is 0 Å². The third kappa shape index (κ3) is 3.61. The van der Waals surface area contributed by atoms with Gasteiger partial charge in [0.25, 0.3) is 0 Å². The summed E-state index contributed by atoms with van der Waals surface area (Å²) in [5, 5.41) is 3.37. The number of primary amides is 1.